The molecule has 146 valence electrons. The van der Waals surface area contributed by atoms with Crippen LogP contribution in [0.25, 0.3) is 5.69 Å². The van der Waals surface area contributed by atoms with Crippen molar-refractivity contribution in [1.82, 2.24) is 14.5 Å². The number of carbonyl (C=O) groups is 3. The largest absolute Gasteiger partial charge is 0.322 e. The summed E-state index contributed by atoms with van der Waals surface area (Å²) in [6.45, 7) is 2.40. The topological polar surface area (TPSA) is 84.3 Å². The van der Waals surface area contributed by atoms with E-state index in [-0.39, 0.29) is 23.3 Å². The number of nitrogens with zero attached hydrogens (tertiary/aromatic N) is 3. The van der Waals surface area contributed by atoms with E-state index in [0.29, 0.717) is 23.4 Å². The van der Waals surface area contributed by atoms with Crippen LogP contribution in [0.5, 0.6) is 0 Å². The van der Waals surface area contributed by atoms with E-state index in [9.17, 15) is 14.4 Å². The van der Waals surface area contributed by atoms with Gasteiger partial charge >= 0.3 is 0 Å². The molecule has 3 amide bonds. The lowest BCUT2D eigenvalue weighted by atomic mass is 10.1. The molecule has 1 aliphatic heterocycles. The van der Waals surface area contributed by atoms with Crippen LogP contribution in [0.4, 0.5) is 5.69 Å². The molecule has 0 fully saturated rings. The summed E-state index contributed by atoms with van der Waals surface area (Å²) in [5, 5.41) is 2.82. The summed E-state index contributed by atoms with van der Waals surface area (Å²) in [4.78, 5) is 42.9. The van der Waals surface area contributed by atoms with Gasteiger partial charge in [0.1, 0.15) is 0 Å². The van der Waals surface area contributed by atoms with Crippen LogP contribution in [-0.2, 0) is 0 Å². The summed E-state index contributed by atoms with van der Waals surface area (Å²) >= 11 is 0. The number of benzene rings is 2. The number of unbranched alkanes of at least 4 members (excludes halogenated alkanes) is 1. The van der Waals surface area contributed by atoms with Gasteiger partial charge < -0.3 is 9.88 Å². The van der Waals surface area contributed by atoms with Gasteiger partial charge in [-0.05, 0) is 48.9 Å². The first-order valence-electron chi connectivity index (χ1n) is 9.48. The van der Waals surface area contributed by atoms with Crippen molar-refractivity contribution >= 4 is 23.4 Å². The second-order valence-corrected chi connectivity index (χ2v) is 6.85. The van der Waals surface area contributed by atoms with E-state index >= 15 is 0 Å². The average Bonchev–Trinajstić information content (AvgIpc) is 3.35. The highest BCUT2D eigenvalue weighted by atomic mass is 16.2. The molecule has 1 N–H and O–H groups in total. The highest BCUT2D eigenvalue weighted by Gasteiger charge is 2.35. The SMILES string of the molecule is CCCCN1C(=O)c2ccc(C(=O)Nc3ccc(-n4ccnc4)cc3)cc2C1=O. The Balaban J connectivity index is 1.50. The molecule has 3 aromatic rings. The number of fused-ring (bicyclic) bond motifs is 1. The maximum Gasteiger partial charge on any atom is 0.261 e. The van der Waals surface area contributed by atoms with E-state index in [0.717, 1.165) is 18.5 Å². The van der Waals surface area contributed by atoms with Crippen LogP contribution in [-0.4, -0.2) is 38.7 Å². The summed E-state index contributed by atoms with van der Waals surface area (Å²) in [5.74, 6) is -0.964. The van der Waals surface area contributed by atoms with Crippen LogP contribution in [0.3, 0.4) is 0 Å². The molecule has 0 aliphatic carbocycles. The lowest BCUT2D eigenvalue weighted by Crippen LogP contribution is -2.30. The molecule has 7 heteroatoms. The van der Waals surface area contributed by atoms with E-state index in [4.69, 9.17) is 0 Å². The number of imide groups is 1. The van der Waals surface area contributed by atoms with E-state index in [1.54, 1.807) is 36.8 Å². The third-order valence-corrected chi connectivity index (χ3v) is 4.90. The number of aromatic nitrogens is 2. The zero-order chi connectivity index (χ0) is 20.4. The Morgan fingerprint density at radius 1 is 1.03 bits per heavy atom. The third-order valence-electron chi connectivity index (χ3n) is 4.90. The van der Waals surface area contributed by atoms with Crippen molar-refractivity contribution in [2.24, 2.45) is 0 Å². The number of hydrogen-bond donors (Lipinski definition) is 1. The van der Waals surface area contributed by atoms with Gasteiger partial charge in [-0.25, -0.2) is 4.98 Å². The van der Waals surface area contributed by atoms with Gasteiger partial charge in [0.25, 0.3) is 17.7 Å². The van der Waals surface area contributed by atoms with Gasteiger partial charge in [-0.3, -0.25) is 19.3 Å². The molecule has 4 rings (SSSR count). The molecule has 7 nitrogen and oxygen atoms in total. The quantitative estimate of drug-likeness (QED) is 0.655. The van der Waals surface area contributed by atoms with Crippen LogP contribution in [0, 0.1) is 0 Å². The first kappa shape index (κ1) is 18.6. The maximum atomic E-state index is 12.6. The molecule has 2 heterocycles. The Morgan fingerprint density at radius 3 is 2.48 bits per heavy atom. The predicted octanol–water partition coefficient (Wildman–Crippen LogP) is 3.52. The molecule has 0 saturated heterocycles. The highest BCUT2D eigenvalue weighted by molar-refractivity contribution is 6.22. The molecular formula is C22H20N4O3. The Bertz CT molecular complexity index is 1070. The molecule has 0 spiro atoms. The molecule has 0 atom stereocenters. The Labute approximate surface area is 168 Å². The molecule has 2 aromatic carbocycles. The van der Waals surface area contributed by atoms with Crippen LogP contribution >= 0.6 is 0 Å². The van der Waals surface area contributed by atoms with Crippen molar-refractivity contribution in [1.29, 1.82) is 0 Å². The molecule has 1 aromatic heterocycles. The molecule has 0 bridgehead atoms. The Hall–Kier alpha value is -3.74. The van der Waals surface area contributed by atoms with E-state index in [1.807, 2.05) is 29.8 Å². The standard InChI is InChI=1S/C22H20N4O3/c1-2-3-11-26-21(28)18-9-4-15(13-19(18)22(26)29)20(27)24-16-5-7-17(8-6-16)25-12-10-23-14-25/h4-10,12-14H,2-3,11H2,1H3,(H,24,27). The van der Waals surface area contributed by atoms with E-state index in [2.05, 4.69) is 10.3 Å². The number of nitrogens with one attached hydrogen (secondary N) is 1. The minimum atomic E-state index is -0.338. The van der Waals surface area contributed by atoms with Crippen molar-refractivity contribution in [3.8, 4) is 5.69 Å². The fraction of sp³-hybridized carbons (Fsp3) is 0.182. The van der Waals surface area contributed by atoms with Crippen LogP contribution in [0.15, 0.2) is 61.2 Å². The first-order chi connectivity index (χ1) is 14.1. The second-order valence-electron chi connectivity index (χ2n) is 6.85. The van der Waals surface area contributed by atoms with Crippen molar-refractivity contribution in [2.45, 2.75) is 19.8 Å². The van der Waals surface area contributed by atoms with Gasteiger partial charge in [-0.15, -0.1) is 0 Å². The number of carbonyl (C=O) groups excluding carboxylic acids is 3. The number of imidazole rings is 1. The van der Waals surface area contributed by atoms with Gasteiger partial charge in [0.05, 0.1) is 17.5 Å². The summed E-state index contributed by atoms with van der Waals surface area (Å²) in [6.07, 6.45) is 6.87. The van der Waals surface area contributed by atoms with Gasteiger partial charge in [0.2, 0.25) is 0 Å². The van der Waals surface area contributed by atoms with Crippen molar-refractivity contribution in [3.63, 3.8) is 0 Å². The highest BCUT2D eigenvalue weighted by Crippen LogP contribution is 2.25. The molecule has 0 radical (unpaired) electrons. The fourth-order valence-electron chi connectivity index (χ4n) is 3.28. The Kier molecular flexibility index (Phi) is 4.95. The van der Waals surface area contributed by atoms with Crippen LogP contribution in [0.2, 0.25) is 0 Å². The lowest BCUT2D eigenvalue weighted by Gasteiger charge is -2.12. The van der Waals surface area contributed by atoms with Crippen LogP contribution in [0.1, 0.15) is 50.8 Å². The smallest absolute Gasteiger partial charge is 0.261 e. The van der Waals surface area contributed by atoms with Gasteiger partial charge in [0.15, 0.2) is 0 Å². The summed E-state index contributed by atoms with van der Waals surface area (Å²) < 4.78 is 1.86. The summed E-state index contributed by atoms with van der Waals surface area (Å²) in [7, 11) is 0. The molecule has 29 heavy (non-hydrogen) atoms. The second kappa shape index (κ2) is 7.71. The molecule has 1 aliphatic rings. The Morgan fingerprint density at radius 2 is 1.79 bits per heavy atom. The summed E-state index contributed by atoms with van der Waals surface area (Å²) in [5.41, 5.74) is 2.53. The van der Waals surface area contributed by atoms with Crippen molar-refractivity contribution < 1.29 is 14.4 Å². The molecule has 0 unspecified atom stereocenters. The van der Waals surface area contributed by atoms with Crippen molar-refractivity contribution in [3.05, 3.63) is 77.9 Å². The van der Waals surface area contributed by atoms with Crippen LogP contribution < -0.4 is 5.32 Å². The number of amides is 3. The lowest BCUT2D eigenvalue weighted by molar-refractivity contribution is 0.0652. The number of rotatable bonds is 6. The molecular weight excluding hydrogens is 368 g/mol. The predicted molar refractivity (Wildman–Crippen MR) is 108 cm³/mol. The van der Waals surface area contributed by atoms with E-state index in [1.165, 1.54) is 11.0 Å². The normalized spacial score (nSPS) is 12.9. The average molecular weight is 388 g/mol. The first-order valence-corrected chi connectivity index (χ1v) is 9.48. The molecule has 0 saturated carbocycles. The zero-order valence-corrected chi connectivity index (χ0v) is 16.0. The third kappa shape index (κ3) is 3.54. The van der Waals surface area contributed by atoms with Crippen molar-refractivity contribution in [2.75, 3.05) is 11.9 Å². The van der Waals surface area contributed by atoms with E-state index < -0.39 is 0 Å². The zero-order valence-electron chi connectivity index (χ0n) is 16.0. The number of anilines is 1. The van der Waals surface area contributed by atoms with Gasteiger partial charge in [-0.1, -0.05) is 13.3 Å². The summed E-state index contributed by atoms with van der Waals surface area (Å²) in [6, 6.07) is 11.9. The minimum absolute atomic E-state index is 0.286. The number of hydrogen-bond acceptors (Lipinski definition) is 4. The van der Waals surface area contributed by atoms with Gasteiger partial charge in [-0.2, -0.15) is 0 Å². The fourth-order valence-corrected chi connectivity index (χ4v) is 3.28. The maximum absolute atomic E-state index is 12.6. The van der Waals surface area contributed by atoms with Gasteiger partial charge in [0, 0.05) is 35.9 Å². The monoisotopic (exact) mass is 388 g/mol. The minimum Gasteiger partial charge on any atom is -0.322 e.